The van der Waals surface area contributed by atoms with Crippen LogP contribution in [-0.4, -0.2) is 23.8 Å². The summed E-state index contributed by atoms with van der Waals surface area (Å²) < 4.78 is 6.54. The number of hydrogen-bond donors (Lipinski definition) is 2. The minimum Gasteiger partial charge on any atom is -0.506 e. The number of aromatic hydroxyl groups is 1. The predicted molar refractivity (Wildman–Crippen MR) is 101 cm³/mol. The van der Waals surface area contributed by atoms with Crippen LogP contribution < -0.4 is 10.2 Å². The van der Waals surface area contributed by atoms with Crippen LogP contribution in [0, 0.1) is 0 Å². The Labute approximate surface area is 157 Å². The maximum Gasteiger partial charge on any atom is 0.271 e. The van der Waals surface area contributed by atoms with Crippen LogP contribution in [0.2, 0.25) is 0 Å². The maximum absolute atomic E-state index is 12.0. The van der Waals surface area contributed by atoms with Crippen LogP contribution >= 0.6 is 31.9 Å². The van der Waals surface area contributed by atoms with Gasteiger partial charge in [-0.2, -0.15) is 5.10 Å². The highest BCUT2D eigenvalue weighted by Gasteiger charge is 2.06. The second-order valence-corrected chi connectivity index (χ2v) is 6.61. The van der Waals surface area contributed by atoms with E-state index in [1.165, 1.54) is 6.21 Å². The minimum absolute atomic E-state index is 0.113. The molecule has 1 amide bonds. The van der Waals surface area contributed by atoms with Crippen LogP contribution in [0.25, 0.3) is 0 Å². The third-order valence-electron chi connectivity index (χ3n) is 3.01. The van der Waals surface area contributed by atoms with Crippen LogP contribution in [0.4, 0.5) is 0 Å². The number of carbonyl (C=O) groups is 1. The lowest BCUT2D eigenvalue weighted by Gasteiger charge is -2.05. The van der Waals surface area contributed by atoms with Gasteiger partial charge in [-0.15, -0.1) is 0 Å². The van der Waals surface area contributed by atoms with Gasteiger partial charge >= 0.3 is 0 Å². The second kappa shape index (κ2) is 8.84. The Balaban J connectivity index is 1.97. The van der Waals surface area contributed by atoms with Crippen LogP contribution in [0.5, 0.6) is 11.5 Å². The third-order valence-corrected chi connectivity index (χ3v) is 4.22. The number of hydrazone groups is 1. The number of amides is 1. The highest BCUT2D eigenvalue weighted by atomic mass is 79.9. The minimum atomic E-state index is -0.315. The maximum atomic E-state index is 12.0. The third kappa shape index (κ3) is 5.07. The van der Waals surface area contributed by atoms with Crippen molar-refractivity contribution in [3.63, 3.8) is 0 Å². The molecule has 0 spiro atoms. The molecule has 5 nitrogen and oxygen atoms in total. The molecule has 0 bridgehead atoms. The van der Waals surface area contributed by atoms with Crippen molar-refractivity contribution in [2.24, 2.45) is 5.10 Å². The number of benzene rings is 2. The fourth-order valence-electron chi connectivity index (χ4n) is 1.81. The number of hydrogen-bond acceptors (Lipinski definition) is 4. The molecule has 126 valence electrons. The van der Waals surface area contributed by atoms with Gasteiger partial charge in [-0.3, -0.25) is 4.79 Å². The molecule has 0 saturated heterocycles. The molecule has 0 heterocycles. The molecule has 0 aromatic heterocycles. The van der Waals surface area contributed by atoms with Gasteiger partial charge in [0.2, 0.25) is 0 Å². The van der Waals surface area contributed by atoms with Crippen molar-refractivity contribution in [2.45, 2.75) is 13.3 Å². The second-order valence-electron chi connectivity index (χ2n) is 4.91. The van der Waals surface area contributed by atoms with Gasteiger partial charge in [0.1, 0.15) is 11.5 Å². The highest BCUT2D eigenvalue weighted by molar-refractivity contribution is 9.11. The van der Waals surface area contributed by atoms with E-state index in [-0.39, 0.29) is 11.7 Å². The van der Waals surface area contributed by atoms with E-state index in [9.17, 15) is 9.90 Å². The average molecular weight is 456 g/mol. The standard InChI is InChI=1S/C17H16Br2N2O3/c1-2-7-24-13-5-3-12(4-6-13)17(23)21-20-10-11-8-14(18)16(22)15(19)9-11/h3-6,8-10,22H,2,7H2,1H3,(H,21,23)/b20-10+. The quantitative estimate of drug-likeness (QED) is 0.498. The van der Waals surface area contributed by atoms with Crippen molar-refractivity contribution in [3.8, 4) is 11.5 Å². The SMILES string of the molecule is CCCOc1ccc(C(=O)N/N=C/c2cc(Br)c(O)c(Br)c2)cc1. The summed E-state index contributed by atoms with van der Waals surface area (Å²) in [7, 11) is 0. The normalized spacial score (nSPS) is 10.8. The Bertz CT molecular complexity index is 723. The molecule has 2 N–H and O–H groups in total. The predicted octanol–water partition coefficient (Wildman–Crippen LogP) is 4.47. The Morgan fingerprint density at radius 1 is 1.25 bits per heavy atom. The molecule has 2 aromatic carbocycles. The topological polar surface area (TPSA) is 70.9 Å². The zero-order valence-corrected chi connectivity index (χ0v) is 16.1. The van der Waals surface area contributed by atoms with Crippen molar-refractivity contribution < 1.29 is 14.6 Å². The summed E-state index contributed by atoms with van der Waals surface area (Å²) in [5.74, 6) is 0.530. The molecule has 7 heteroatoms. The highest BCUT2D eigenvalue weighted by Crippen LogP contribution is 2.32. The first kappa shape index (κ1) is 18.5. The first-order valence-corrected chi connectivity index (χ1v) is 8.84. The van der Waals surface area contributed by atoms with Crippen molar-refractivity contribution >= 4 is 44.0 Å². The summed E-state index contributed by atoms with van der Waals surface area (Å²) in [4.78, 5) is 12.0. The molecule has 0 radical (unpaired) electrons. The van der Waals surface area contributed by atoms with Crippen LogP contribution in [0.1, 0.15) is 29.3 Å². The molecule has 2 aromatic rings. The number of carbonyl (C=O) groups excluding carboxylic acids is 1. The number of rotatable bonds is 6. The van der Waals surface area contributed by atoms with Gasteiger partial charge in [0.15, 0.2) is 0 Å². The summed E-state index contributed by atoms with van der Waals surface area (Å²) in [6.07, 6.45) is 2.42. The number of phenols is 1. The number of nitrogens with zero attached hydrogens (tertiary/aromatic N) is 1. The van der Waals surface area contributed by atoms with Crippen LogP contribution in [0.15, 0.2) is 50.4 Å². The van der Waals surface area contributed by atoms with Gasteiger partial charge in [-0.25, -0.2) is 5.43 Å². The molecule has 24 heavy (non-hydrogen) atoms. The number of phenolic OH excluding ortho intramolecular Hbond substituents is 1. The van der Waals surface area contributed by atoms with E-state index in [2.05, 4.69) is 42.4 Å². The molecular formula is C17H16Br2N2O3. The van der Waals surface area contributed by atoms with Crippen molar-refractivity contribution in [3.05, 3.63) is 56.5 Å². The Hall–Kier alpha value is -1.86. The fourth-order valence-corrected chi connectivity index (χ4v) is 3.03. The molecule has 2 rings (SSSR count). The van der Waals surface area contributed by atoms with Gasteiger partial charge < -0.3 is 9.84 Å². The van der Waals surface area contributed by atoms with E-state index in [4.69, 9.17) is 4.74 Å². The molecule has 0 aliphatic rings. The van der Waals surface area contributed by atoms with E-state index < -0.39 is 0 Å². The lowest BCUT2D eigenvalue weighted by Crippen LogP contribution is -2.17. The van der Waals surface area contributed by atoms with Crippen LogP contribution in [0.3, 0.4) is 0 Å². The largest absolute Gasteiger partial charge is 0.506 e. The summed E-state index contributed by atoms with van der Waals surface area (Å²) in [5, 5.41) is 13.6. The van der Waals surface area contributed by atoms with E-state index >= 15 is 0 Å². The zero-order valence-electron chi connectivity index (χ0n) is 12.9. The Morgan fingerprint density at radius 3 is 2.46 bits per heavy atom. The first-order chi connectivity index (χ1) is 11.5. The van der Waals surface area contributed by atoms with Crippen molar-refractivity contribution in [1.82, 2.24) is 5.43 Å². The van der Waals surface area contributed by atoms with Gasteiger partial charge in [-0.1, -0.05) is 6.92 Å². The number of halogens is 2. The smallest absolute Gasteiger partial charge is 0.271 e. The van der Waals surface area contributed by atoms with E-state index in [0.29, 0.717) is 21.1 Å². The molecule has 0 aliphatic carbocycles. The van der Waals surface area contributed by atoms with E-state index in [0.717, 1.165) is 17.7 Å². The monoisotopic (exact) mass is 454 g/mol. The van der Waals surface area contributed by atoms with Gasteiger partial charge in [0.25, 0.3) is 5.91 Å². The summed E-state index contributed by atoms with van der Waals surface area (Å²) >= 11 is 6.48. The fraction of sp³-hybridized carbons (Fsp3) is 0.176. The Morgan fingerprint density at radius 2 is 1.88 bits per heavy atom. The molecule has 0 saturated carbocycles. The molecule has 0 unspecified atom stereocenters. The number of ether oxygens (including phenoxy) is 1. The first-order valence-electron chi connectivity index (χ1n) is 7.25. The molecule has 0 aliphatic heterocycles. The lowest BCUT2D eigenvalue weighted by atomic mass is 10.2. The van der Waals surface area contributed by atoms with Crippen LogP contribution in [-0.2, 0) is 0 Å². The van der Waals surface area contributed by atoms with E-state index in [1.807, 2.05) is 6.92 Å². The van der Waals surface area contributed by atoms with Gasteiger partial charge in [-0.05, 0) is 80.2 Å². The lowest BCUT2D eigenvalue weighted by molar-refractivity contribution is 0.0955. The van der Waals surface area contributed by atoms with Crippen molar-refractivity contribution in [2.75, 3.05) is 6.61 Å². The van der Waals surface area contributed by atoms with Crippen molar-refractivity contribution in [1.29, 1.82) is 0 Å². The molecule has 0 atom stereocenters. The summed E-state index contributed by atoms with van der Waals surface area (Å²) in [6, 6.07) is 10.3. The molecule has 0 fully saturated rings. The summed E-state index contributed by atoms with van der Waals surface area (Å²) in [5.41, 5.74) is 3.67. The Kier molecular flexibility index (Phi) is 6.81. The van der Waals surface area contributed by atoms with Gasteiger partial charge in [0, 0.05) is 5.56 Å². The van der Waals surface area contributed by atoms with Gasteiger partial charge in [0.05, 0.1) is 21.8 Å². The molecular weight excluding hydrogens is 440 g/mol. The zero-order chi connectivity index (χ0) is 17.5. The summed E-state index contributed by atoms with van der Waals surface area (Å²) in [6.45, 7) is 2.68. The average Bonchev–Trinajstić information content (AvgIpc) is 2.58. The van der Waals surface area contributed by atoms with E-state index in [1.54, 1.807) is 36.4 Å². The number of nitrogens with one attached hydrogen (secondary N) is 1.